The number of urea groups is 1. The van der Waals surface area contributed by atoms with Crippen LogP contribution in [0.5, 0.6) is 0 Å². The number of hydrogen-bond donors (Lipinski definition) is 0. The van der Waals surface area contributed by atoms with Gasteiger partial charge in [0.05, 0.1) is 5.69 Å². The number of fused-ring (bicyclic) bond motifs is 3. The number of allylic oxidation sites excluding steroid dienone is 1. The molecule has 0 aromatic heterocycles. The van der Waals surface area contributed by atoms with Crippen LogP contribution in [0.15, 0.2) is 65.4 Å². The first kappa shape index (κ1) is 20.6. The largest absolute Gasteiger partial charge is 0.328 e. The van der Waals surface area contributed by atoms with E-state index in [1.54, 1.807) is 11.9 Å². The minimum Gasteiger partial charge on any atom is -0.302 e. The molecule has 7 nitrogen and oxygen atoms in total. The second-order valence-electron chi connectivity index (χ2n) is 8.35. The number of carbonyl (C=O) groups excluding carboxylic acids is 2. The number of halogens is 1. The SMILES string of the molecule is CC1=CN2C(=NC3C2C(=O)N(CCc2ccccc2)C(=O)N3C)N1c1ccc(C)c(Cl)c1. The molecule has 2 aromatic rings. The molecule has 1 fully saturated rings. The Labute approximate surface area is 192 Å². The molecular weight excluding hydrogens is 426 g/mol. The summed E-state index contributed by atoms with van der Waals surface area (Å²) in [5, 5.41) is 0.667. The lowest BCUT2D eigenvalue weighted by Gasteiger charge is -2.40. The van der Waals surface area contributed by atoms with Crippen molar-refractivity contribution in [2.24, 2.45) is 4.99 Å². The van der Waals surface area contributed by atoms with Gasteiger partial charge in [-0.2, -0.15) is 0 Å². The fourth-order valence-corrected chi connectivity index (χ4v) is 4.66. The van der Waals surface area contributed by atoms with Gasteiger partial charge in [-0.15, -0.1) is 0 Å². The molecule has 2 atom stereocenters. The number of hydrogen-bond acceptors (Lipinski definition) is 5. The molecule has 0 radical (unpaired) electrons. The number of rotatable bonds is 4. The van der Waals surface area contributed by atoms with E-state index >= 15 is 0 Å². The van der Waals surface area contributed by atoms with Gasteiger partial charge >= 0.3 is 6.03 Å². The summed E-state index contributed by atoms with van der Waals surface area (Å²) < 4.78 is 0. The Hall–Kier alpha value is -3.32. The van der Waals surface area contributed by atoms with E-state index in [1.807, 2.05) is 78.4 Å². The highest BCUT2D eigenvalue weighted by molar-refractivity contribution is 6.31. The third-order valence-corrected chi connectivity index (χ3v) is 6.68. The predicted molar refractivity (Wildman–Crippen MR) is 124 cm³/mol. The first-order valence-corrected chi connectivity index (χ1v) is 11.0. The van der Waals surface area contributed by atoms with Gasteiger partial charge in [-0.05, 0) is 43.5 Å². The third kappa shape index (κ3) is 3.15. The highest BCUT2D eigenvalue weighted by atomic mass is 35.5. The van der Waals surface area contributed by atoms with E-state index in [9.17, 15) is 9.59 Å². The van der Waals surface area contributed by atoms with Crippen molar-refractivity contribution < 1.29 is 9.59 Å². The van der Waals surface area contributed by atoms with Crippen LogP contribution >= 0.6 is 11.6 Å². The first-order chi connectivity index (χ1) is 15.4. The van der Waals surface area contributed by atoms with Crippen molar-refractivity contribution in [3.05, 3.63) is 76.6 Å². The summed E-state index contributed by atoms with van der Waals surface area (Å²) in [6.45, 7) is 4.26. The molecule has 3 amide bonds. The van der Waals surface area contributed by atoms with Gasteiger partial charge in [0.15, 0.2) is 12.2 Å². The highest BCUT2D eigenvalue weighted by Gasteiger charge is 2.54. The number of carbonyl (C=O) groups is 2. The summed E-state index contributed by atoms with van der Waals surface area (Å²) in [5.41, 5.74) is 3.88. The minimum absolute atomic E-state index is 0.222. The molecule has 1 saturated heterocycles. The molecule has 164 valence electrons. The van der Waals surface area contributed by atoms with Crippen LogP contribution in [0.4, 0.5) is 10.5 Å². The molecule has 2 aromatic carbocycles. The van der Waals surface area contributed by atoms with Gasteiger partial charge in [0.2, 0.25) is 5.96 Å². The monoisotopic (exact) mass is 449 g/mol. The lowest BCUT2D eigenvalue weighted by atomic mass is 10.1. The van der Waals surface area contributed by atoms with Crippen LogP contribution in [0, 0.1) is 6.92 Å². The van der Waals surface area contributed by atoms with Gasteiger partial charge in [-0.3, -0.25) is 14.6 Å². The molecule has 3 heterocycles. The summed E-state index contributed by atoms with van der Waals surface area (Å²) in [7, 11) is 1.71. The lowest BCUT2D eigenvalue weighted by Crippen LogP contribution is -2.64. The van der Waals surface area contributed by atoms with Crippen LogP contribution in [0.25, 0.3) is 0 Å². The van der Waals surface area contributed by atoms with E-state index in [0.717, 1.165) is 22.5 Å². The molecule has 0 saturated carbocycles. The van der Waals surface area contributed by atoms with Crippen LogP contribution < -0.4 is 4.90 Å². The molecule has 2 unspecified atom stereocenters. The summed E-state index contributed by atoms with van der Waals surface area (Å²) in [6.07, 6.45) is 1.97. The standard InChI is InChI=1S/C24H24ClN5O2/c1-15-9-10-18(13-19(15)25)30-16(2)14-29-20-21(26-23(29)30)27(3)24(32)28(22(20)31)12-11-17-7-5-4-6-8-17/h4-10,13-14,20-21H,11-12H2,1-3H3. The normalized spacial score (nSPS) is 22.2. The topological polar surface area (TPSA) is 59.5 Å². The summed E-state index contributed by atoms with van der Waals surface area (Å²) in [6, 6.07) is 14.8. The van der Waals surface area contributed by atoms with Gasteiger partial charge in [-0.1, -0.05) is 48.0 Å². The van der Waals surface area contributed by atoms with Gasteiger partial charge in [0.25, 0.3) is 5.91 Å². The molecule has 0 aliphatic carbocycles. The second kappa shape index (κ2) is 7.67. The van der Waals surface area contributed by atoms with E-state index < -0.39 is 12.2 Å². The second-order valence-corrected chi connectivity index (χ2v) is 8.76. The Morgan fingerprint density at radius 3 is 2.53 bits per heavy atom. The highest BCUT2D eigenvalue weighted by Crippen LogP contribution is 2.37. The Bertz CT molecular complexity index is 1160. The molecule has 5 rings (SSSR count). The van der Waals surface area contributed by atoms with E-state index in [4.69, 9.17) is 16.6 Å². The molecule has 0 bridgehead atoms. The van der Waals surface area contributed by atoms with Crippen LogP contribution in [-0.4, -0.2) is 58.4 Å². The molecule has 8 heteroatoms. The molecule has 0 N–H and O–H groups in total. The van der Waals surface area contributed by atoms with Crippen molar-refractivity contribution in [1.82, 2.24) is 14.7 Å². The van der Waals surface area contributed by atoms with Crippen molar-refractivity contribution >= 4 is 35.2 Å². The number of aryl methyl sites for hydroxylation is 1. The van der Waals surface area contributed by atoms with E-state index in [1.165, 1.54) is 4.90 Å². The summed E-state index contributed by atoms with van der Waals surface area (Å²) in [4.78, 5) is 38.1. The molecule has 32 heavy (non-hydrogen) atoms. The summed E-state index contributed by atoms with van der Waals surface area (Å²) >= 11 is 6.36. The van der Waals surface area contributed by atoms with Crippen LogP contribution in [-0.2, 0) is 11.2 Å². The minimum atomic E-state index is -0.579. The quantitative estimate of drug-likeness (QED) is 0.711. The average molecular weight is 450 g/mol. The molecule has 3 aliphatic heterocycles. The maximum absolute atomic E-state index is 13.5. The number of guanidine groups is 1. The fourth-order valence-electron chi connectivity index (χ4n) is 4.49. The van der Waals surface area contributed by atoms with Crippen LogP contribution in [0.2, 0.25) is 5.02 Å². The maximum Gasteiger partial charge on any atom is 0.328 e. The Morgan fingerprint density at radius 1 is 1.06 bits per heavy atom. The zero-order chi connectivity index (χ0) is 22.6. The Morgan fingerprint density at radius 2 is 1.81 bits per heavy atom. The average Bonchev–Trinajstić information content (AvgIpc) is 3.29. The summed E-state index contributed by atoms with van der Waals surface area (Å²) in [5.74, 6) is 0.413. The Balaban J connectivity index is 1.43. The van der Waals surface area contributed by atoms with Crippen molar-refractivity contribution in [2.75, 3.05) is 18.5 Å². The molecule has 3 aliphatic rings. The van der Waals surface area contributed by atoms with Gasteiger partial charge < -0.3 is 9.80 Å². The van der Waals surface area contributed by atoms with Gasteiger partial charge in [0, 0.05) is 30.5 Å². The van der Waals surface area contributed by atoms with Gasteiger partial charge in [0.1, 0.15) is 0 Å². The van der Waals surface area contributed by atoms with Crippen LogP contribution in [0.3, 0.4) is 0 Å². The zero-order valence-corrected chi connectivity index (χ0v) is 19.0. The fraction of sp³-hybridized carbons (Fsp3) is 0.292. The van der Waals surface area contributed by atoms with Crippen molar-refractivity contribution in [1.29, 1.82) is 0 Å². The predicted octanol–water partition coefficient (Wildman–Crippen LogP) is 3.83. The number of amides is 3. The lowest BCUT2D eigenvalue weighted by molar-refractivity contribution is -0.136. The van der Waals surface area contributed by atoms with E-state index in [0.29, 0.717) is 23.9 Å². The first-order valence-electron chi connectivity index (χ1n) is 10.6. The number of benzene rings is 2. The zero-order valence-electron chi connectivity index (χ0n) is 18.2. The number of aliphatic imine (C=N–C) groups is 1. The number of anilines is 1. The van der Waals surface area contributed by atoms with Crippen molar-refractivity contribution in [3.8, 4) is 0 Å². The Kier molecular flexibility index (Phi) is 4.93. The van der Waals surface area contributed by atoms with Crippen LogP contribution in [0.1, 0.15) is 18.1 Å². The number of imide groups is 1. The smallest absolute Gasteiger partial charge is 0.302 e. The third-order valence-electron chi connectivity index (χ3n) is 6.27. The van der Waals surface area contributed by atoms with E-state index in [2.05, 4.69) is 0 Å². The molecule has 0 spiro atoms. The van der Waals surface area contributed by atoms with Gasteiger partial charge in [-0.25, -0.2) is 9.79 Å². The number of nitrogens with zero attached hydrogens (tertiary/aromatic N) is 5. The number of likely N-dealkylation sites (N-methyl/N-ethyl adjacent to an activating group) is 1. The maximum atomic E-state index is 13.5. The molecular formula is C24H24ClN5O2. The van der Waals surface area contributed by atoms with Crippen molar-refractivity contribution in [2.45, 2.75) is 32.5 Å². The van der Waals surface area contributed by atoms with E-state index in [-0.39, 0.29) is 11.9 Å². The van der Waals surface area contributed by atoms with Crippen molar-refractivity contribution in [3.63, 3.8) is 0 Å².